The first-order valence-electron chi connectivity index (χ1n) is 6.05. The lowest BCUT2D eigenvalue weighted by molar-refractivity contribution is 0.306. The molecule has 4 heteroatoms. The Balaban J connectivity index is 1.81. The van der Waals surface area contributed by atoms with Gasteiger partial charge in [0.1, 0.15) is 6.61 Å². The highest BCUT2D eigenvalue weighted by atomic mass is 79.9. The molecule has 0 aliphatic rings. The molecule has 0 amide bonds. The van der Waals surface area contributed by atoms with Crippen LogP contribution in [0.4, 0.5) is 5.69 Å². The Kier molecular flexibility index (Phi) is 5.10. The Morgan fingerprint density at radius 1 is 1.05 bits per heavy atom. The van der Waals surface area contributed by atoms with Crippen LogP contribution >= 0.6 is 15.9 Å². The Morgan fingerprint density at radius 2 is 1.84 bits per heavy atom. The topological polar surface area (TPSA) is 30.5 Å². The molecule has 100 valence electrons. The monoisotopic (exact) mass is 321 g/mol. The Labute approximate surface area is 121 Å². The molecule has 0 radical (unpaired) electrons. The summed E-state index contributed by atoms with van der Waals surface area (Å²) in [6.45, 7) is 1.31. The van der Waals surface area contributed by atoms with Crippen LogP contribution in [0.1, 0.15) is 0 Å². The van der Waals surface area contributed by atoms with E-state index in [1.807, 2.05) is 48.5 Å². The minimum Gasteiger partial charge on any atom is -0.493 e. The first-order chi connectivity index (χ1) is 9.29. The molecule has 0 fully saturated rings. The van der Waals surface area contributed by atoms with Crippen LogP contribution < -0.4 is 14.8 Å². The Morgan fingerprint density at radius 3 is 2.58 bits per heavy atom. The van der Waals surface area contributed by atoms with Crippen molar-refractivity contribution < 1.29 is 9.47 Å². The molecule has 0 bridgehead atoms. The van der Waals surface area contributed by atoms with Gasteiger partial charge in [0, 0.05) is 16.7 Å². The molecule has 0 atom stereocenters. The molecule has 2 rings (SSSR count). The Bertz CT molecular complexity index is 531. The van der Waals surface area contributed by atoms with Crippen molar-refractivity contribution in [1.29, 1.82) is 0 Å². The second-order valence-corrected chi connectivity index (χ2v) is 4.85. The van der Waals surface area contributed by atoms with Crippen LogP contribution in [0.2, 0.25) is 0 Å². The molecule has 3 nitrogen and oxygen atoms in total. The number of benzene rings is 2. The summed E-state index contributed by atoms with van der Waals surface area (Å²) in [5.74, 6) is 1.52. The third-order valence-corrected chi connectivity index (χ3v) is 3.08. The van der Waals surface area contributed by atoms with Gasteiger partial charge in [0.15, 0.2) is 11.5 Å². The second-order valence-electron chi connectivity index (χ2n) is 3.94. The van der Waals surface area contributed by atoms with E-state index in [2.05, 4.69) is 21.2 Å². The molecular formula is C15H16BrNO2. The van der Waals surface area contributed by atoms with Gasteiger partial charge in [-0.05, 0) is 30.3 Å². The molecule has 0 spiro atoms. The summed E-state index contributed by atoms with van der Waals surface area (Å²) in [7, 11) is 1.64. The van der Waals surface area contributed by atoms with E-state index >= 15 is 0 Å². The van der Waals surface area contributed by atoms with Crippen molar-refractivity contribution in [3.63, 3.8) is 0 Å². The van der Waals surface area contributed by atoms with Crippen molar-refractivity contribution in [2.24, 2.45) is 0 Å². The molecule has 0 saturated heterocycles. The van der Waals surface area contributed by atoms with Crippen molar-refractivity contribution in [2.45, 2.75) is 0 Å². The van der Waals surface area contributed by atoms with Gasteiger partial charge in [0.2, 0.25) is 0 Å². The number of hydrogen-bond donors (Lipinski definition) is 1. The maximum atomic E-state index is 5.68. The molecule has 0 aliphatic carbocycles. The SMILES string of the molecule is COc1ccccc1OCCNc1cccc(Br)c1. The van der Waals surface area contributed by atoms with Crippen LogP contribution in [-0.2, 0) is 0 Å². The normalized spacial score (nSPS) is 10.0. The summed E-state index contributed by atoms with van der Waals surface area (Å²) in [5, 5.41) is 3.30. The van der Waals surface area contributed by atoms with E-state index in [9.17, 15) is 0 Å². The fourth-order valence-electron chi connectivity index (χ4n) is 1.69. The van der Waals surface area contributed by atoms with Crippen molar-refractivity contribution in [3.8, 4) is 11.5 Å². The second kappa shape index (κ2) is 7.04. The zero-order valence-corrected chi connectivity index (χ0v) is 12.3. The fourth-order valence-corrected chi connectivity index (χ4v) is 2.09. The van der Waals surface area contributed by atoms with Crippen LogP contribution in [0, 0.1) is 0 Å². The van der Waals surface area contributed by atoms with Crippen LogP contribution in [0.15, 0.2) is 53.0 Å². The molecule has 0 heterocycles. The molecule has 1 N–H and O–H groups in total. The van der Waals surface area contributed by atoms with Gasteiger partial charge in [0.05, 0.1) is 7.11 Å². The first-order valence-corrected chi connectivity index (χ1v) is 6.84. The quantitative estimate of drug-likeness (QED) is 0.817. The molecule has 0 aliphatic heterocycles. The van der Waals surface area contributed by atoms with Crippen LogP contribution in [0.5, 0.6) is 11.5 Å². The van der Waals surface area contributed by atoms with Crippen LogP contribution in [-0.4, -0.2) is 20.3 Å². The number of nitrogens with one attached hydrogen (secondary N) is 1. The largest absolute Gasteiger partial charge is 0.493 e. The van der Waals surface area contributed by atoms with Gasteiger partial charge in [-0.15, -0.1) is 0 Å². The lowest BCUT2D eigenvalue weighted by atomic mass is 10.3. The van der Waals surface area contributed by atoms with Gasteiger partial charge in [-0.25, -0.2) is 0 Å². The predicted octanol–water partition coefficient (Wildman–Crippen LogP) is 3.95. The fraction of sp³-hybridized carbons (Fsp3) is 0.200. The highest BCUT2D eigenvalue weighted by Gasteiger charge is 2.01. The Hall–Kier alpha value is -1.68. The maximum Gasteiger partial charge on any atom is 0.161 e. The van der Waals surface area contributed by atoms with Gasteiger partial charge < -0.3 is 14.8 Å². The molecule has 0 saturated carbocycles. The van der Waals surface area contributed by atoms with Crippen LogP contribution in [0.3, 0.4) is 0 Å². The lowest BCUT2D eigenvalue weighted by Crippen LogP contribution is -2.11. The van der Waals surface area contributed by atoms with E-state index in [1.165, 1.54) is 0 Å². The average molecular weight is 322 g/mol. The number of hydrogen-bond acceptors (Lipinski definition) is 3. The molecule has 0 unspecified atom stereocenters. The predicted molar refractivity (Wildman–Crippen MR) is 81.1 cm³/mol. The zero-order valence-electron chi connectivity index (χ0n) is 10.7. The molecule has 0 aromatic heterocycles. The van der Waals surface area contributed by atoms with Gasteiger partial charge in [-0.3, -0.25) is 0 Å². The molecular weight excluding hydrogens is 306 g/mol. The molecule has 19 heavy (non-hydrogen) atoms. The van der Waals surface area contributed by atoms with Crippen molar-refractivity contribution >= 4 is 21.6 Å². The van der Waals surface area contributed by atoms with E-state index in [4.69, 9.17) is 9.47 Å². The minimum atomic E-state index is 0.576. The average Bonchev–Trinajstić information content (AvgIpc) is 2.44. The highest BCUT2D eigenvalue weighted by Crippen LogP contribution is 2.25. The van der Waals surface area contributed by atoms with Crippen molar-refractivity contribution in [3.05, 3.63) is 53.0 Å². The summed E-state index contributed by atoms with van der Waals surface area (Å²) < 4.78 is 12.0. The van der Waals surface area contributed by atoms with Gasteiger partial charge in [-0.1, -0.05) is 34.1 Å². The van der Waals surface area contributed by atoms with E-state index in [1.54, 1.807) is 7.11 Å². The molecule has 2 aromatic carbocycles. The van der Waals surface area contributed by atoms with E-state index in [0.717, 1.165) is 28.2 Å². The number of ether oxygens (including phenoxy) is 2. The number of methoxy groups -OCH3 is 1. The van der Waals surface area contributed by atoms with Gasteiger partial charge in [0.25, 0.3) is 0 Å². The maximum absolute atomic E-state index is 5.68. The zero-order chi connectivity index (χ0) is 13.5. The van der Waals surface area contributed by atoms with Crippen molar-refractivity contribution in [2.75, 3.05) is 25.6 Å². The number of para-hydroxylation sites is 2. The van der Waals surface area contributed by atoms with E-state index in [-0.39, 0.29) is 0 Å². The smallest absolute Gasteiger partial charge is 0.161 e. The summed E-state index contributed by atoms with van der Waals surface area (Å²) in [5.41, 5.74) is 1.07. The number of halogens is 1. The molecule has 2 aromatic rings. The number of rotatable bonds is 6. The standard InChI is InChI=1S/C15H16BrNO2/c1-18-14-7-2-3-8-15(14)19-10-9-17-13-6-4-5-12(16)11-13/h2-8,11,17H,9-10H2,1H3. The third-order valence-electron chi connectivity index (χ3n) is 2.58. The summed E-state index contributed by atoms with van der Waals surface area (Å²) >= 11 is 3.44. The van der Waals surface area contributed by atoms with E-state index in [0.29, 0.717) is 6.61 Å². The summed E-state index contributed by atoms with van der Waals surface area (Å²) in [6.07, 6.45) is 0. The lowest BCUT2D eigenvalue weighted by Gasteiger charge is -2.11. The number of anilines is 1. The summed E-state index contributed by atoms with van der Waals surface area (Å²) in [4.78, 5) is 0. The van der Waals surface area contributed by atoms with E-state index < -0.39 is 0 Å². The highest BCUT2D eigenvalue weighted by molar-refractivity contribution is 9.10. The summed E-state index contributed by atoms with van der Waals surface area (Å²) in [6, 6.07) is 15.7. The first kappa shape index (κ1) is 13.7. The minimum absolute atomic E-state index is 0.576. The van der Waals surface area contributed by atoms with Gasteiger partial charge >= 0.3 is 0 Å². The van der Waals surface area contributed by atoms with Crippen molar-refractivity contribution in [1.82, 2.24) is 0 Å². The third kappa shape index (κ3) is 4.17. The van der Waals surface area contributed by atoms with Crippen LogP contribution in [0.25, 0.3) is 0 Å². The van der Waals surface area contributed by atoms with Gasteiger partial charge in [-0.2, -0.15) is 0 Å².